The van der Waals surface area contributed by atoms with Crippen LogP contribution >= 0.6 is 11.6 Å². The van der Waals surface area contributed by atoms with Crippen LogP contribution in [0.4, 0.5) is 4.39 Å². The van der Waals surface area contributed by atoms with Crippen molar-refractivity contribution < 1.29 is 4.39 Å². The van der Waals surface area contributed by atoms with Gasteiger partial charge in [-0.05, 0) is 54.4 Å². The molecule has 1 fully saturated rings. The first-order valence-corrected chi connectivity index (χ1v) is 7.83. The van der Waals surface area contributed by atoms with Crippen LogP contribution in [-0.2, 0) is 6.42 Å². The average molecular weight is 298 g/mol. The van der Waals surface area contributed by atoms with Gasteiger partial charge in [0.25, 0.3) is 0 Å². The maximum atomic E-state index is 14.0. The fourth-order valence-electron chi connectivity index (χ4n) is 3.80. The summed E-state index contributed by atoms with van der Waals surface area (Å²) in [7, 11) is 0. The van der Waals surface area contributed by atoms with Gasteiger partial charge in [-0.3, -0.25) is 0 Å². The van der Waals surface area contributed by atoms with Crippen molar-refractivity contribution >= 4 is 11.6 Å². The summed E-state index contributed by atoms with van der Waals surface area (Å²) in [5, 5.41) is 0.577. The summed E-state index contributed by atoms with van der Waals surface area (Å²) in [5.41, 5.74) is 7.19. The zero-order chi connectivity index (χ0) is 15.0. The van der Waals surface area contributed by atoms with E-state index < -0.39 is 0 Å². The first-order valence-electron chi connectivity index (χ1n) is 7.45. The molecule has 0 aromatic heterocycles. The first-order chi connectivity index (χ1) is 9.22. The Labute approximate surface area is 126 Å². The maximum Gasteiger partial charge on any atom is 0.126 e. The predicted octanol–water partition coefficient (Wildman–Crippen LogP) is 4.96. The number of hydrogen-bond donors (Lipinski definition) is 1. The SMILES string of the molecule is CC(C)(C)C1CCCCC1(N)Cc1cc(Cl)ccc1F. The second kappa shape index (κ2) is 5.65. The van der Waals surface area contributed by atoms with Crippen molar-refractivity contribution in [1.29, 1.82) is 0 Å². The molecule has 1 aromatic rings. The average Bonchev–Trinajstić information content (AvgIpc) is 2.32. The van der Waals surface area contributed by atoms with E-state index in [4.69, 9.17) is 17.3 Å². The number of nitrogens with two attached hydrogens (primary N) is 1. The highest BCUT2D eigenvalue weighted by atomic mass is 35.5. The highest BCUT2D eigenvalue weighted by Crippen LogP contribution is 2.44. The number of rotatable bonds is 2. The van der Waals surface area contributed by atoms with Crippen LogP contribution in [0.15, 0.2) is 18.2 Å². The highest BCUT2D eigenvalue weighted by molar-refractivity contribution is 6.30. The van der Waals surface area contributed by atoms with Crippen LogP contribution < -0.4 is 5.73 Å². The molecule has 20 heavy (non-hydrogen) atoms. The van der Waals surface area contributed by atoms with Crippen molar-refractivity contribution in [3.8, 4) is 0 Å². The molecule has 2 N–H and O–H groups in total. The summed E-state index contributed by atoms with van der Waals surface area (Å²) < 4.78 is 14.0. The zero-order valence-corrected chi connectivity index (χ0v) is 13.4. The molecule has 2 unspecified atom stereocenters. The van der Waals surface area contributed by atoms with Gasteiger partial charge in [0.15, 0.2) is 0 Å². The normalized spacial score (nSPS) is 27.6. The molecule has 1 aliphatic rings. The smallest absolute Gasteiger partial charge is 0.126 e. The summed E-state index contributed by atoms with van der Waals surface area (Å²) >= 11 is 6.00. The van der Waals surface area contributed by atoms with Gasteiger partial charge in [0.1, 0.15) is 5.82 Å². The Hall–Kier alpha value is -0.600. The third kappa shape index (κ3) is 3.35. The van der Waals surface area contributed by atoms with Crippen molar-refractivity contribution in [3.05, 3.63) is 34.6 Å². The lowest BCUT2D eigenvalue weighted by Crippen LogP contribution is -2.55. The Balaban J connectivity index is 2.30. The van der Waals surface area contributed by atoms with Gasteiger partial charge in [-0.25, -0.2) is 4.39 Å². The van der Waals surface area contributed by atoms with Gasteiger partial charge in [-0.15, -0.1) is 0 Å². The van der Waals surface area contributed by atoms with Crippen molar-refractivity contribution in [2.75, 3.05) is 0 Å². The number of hydrogen-bond acceptors (Lipinski definition) is 1. The van der Waals surface area contributed by atoms with E-state index in [2.05, 4.69) is 20.8 Å². The van der Waals surface area contributed by atoms with Crippen molar-refractivity contribution in [3.63, 3.8) is 0 Å². The molecule has 0 aliphatic heterocycles. The van der Waals surface area contributed by atoms with E-state index in [1.165, 1.54) is 12.5 Å². The van der Waals surface area contributed by atoms with Gasteiger partial charge in [0.2, 0.25) is 0 Å². The third-order valence-corrected chi connectivity index (χ3v) is 4.89. The monoisotopic (exact) mass is 297 g/mol. The van der Waals surface area contributed by atoms with E-state index in [-0.39, 0.29) is 16.8 Å². The minimum absolute atomic E-state index is 0.143. The molecule has 112 valence electrons. The van der Waals surface area contributed by atoms with E-state index in [0.29, 0.717) is 22.9 Å². The first kappa shape index (κ1) is 15.8. The van der Waals surface area contributed by atoms with Crippen molar-refractivity contribution in [1.82, 2.24) is 0 Å². The predicted molar refractivity (Wildman–Crippen MR) is 83.4 cm³/mol. The fraction of sp³-hybridized carbons (Fsp3) is 0.647. The molecule has 3 heteroatoms. The van der Waals surface area contributed by atoms with Gasteiger partial charge in [0, 0.05) is 10.6 Å². The number of benzene rings is 1. The molecule has 0 heterocycles. The van der Waals surface area contributed by atoms with Gasteiger partial charge < -0.3 is 5.73 Å². The summed E-state index contributed by atoms with van der Waals surface area (Å²) in [5.74, 6) is 0.208. The quantitative estimate of drug-likeness (QED) is 0.820. The second-order valence-electron chi connectivity index (χ2n) is 7.31. The molecule has 0 radical (unpaired) electrons. The Morgan fingerprint density at radius 3 is 2.70 bits per heavy atom. The molecule has 1 aliphatic carbocycles. The molecule has 1 nitrogen and oxygen atoms in total. The molecule has 2 atom stereocenters. The molecule has 0 amide bonds. The molecular formula is C17H25ClFN. The van der Waals surface area contributed by atoms with Crippen LogP contribution in [0.3, 0.4) is 0 Å². The molecule has 0 saturated heterocycles. The number of halogens is 2. The summed E-state index contributed by atoms with van der Waals surface area (Å²) in [4.78, 5) is 0. The zero-order valence-electron chi connectivity index (χ0n) is 12.7. The van der Waals surface area contributed by atoms with Crippen molar-refractivity contribution in [2.24, 2.45) is 17.1 Å². The lowest BCUT2D eigenvalue weighted by molar-refractivity contribution is 0.0787. The molecule has 1 aromatic carbocycles. The topological polar surface area (TPSA) is 26.0 Å². The van der Waals surface area contributed by atoms with E-state index in [0.717, 1.165) is 19.3 Å². The van der Waals surface area contributed by atoms with Crippen LogP contribution in [-0.4, -0.2) is 5.54 Å². The van der Waals surface area contributed by atoms with Crippen molar-refractivity contribution in [2.45, 2.75) is 58.4 Å². The summed E-state index contributed by atoms with van der Waals surface area (Å²) in [6.45, 7) is 6.71. The largest absolute Gasteiger partial charge is 0.325 e. The Morgan fingerprint density at radius 1 is 1.35 bits per heavy atom. The summed E-state index contributed by atoms with van der Waals surface area (Å²) in [6, 6.07) is 4.75. The standard InChI is InChI=1S/C17H25ClFN/c1-16(2,3)15-6-4-5-9-17(15,20)11-12-10-13(18)7-8-14(12)19/h7-8,10,15H,4-6,9,11,20H2,1-3H3. The van der Waals surface area contributed by atoms with Crippen LogP contribution in [0.1, 0.15) is 52.0 Å². The van der Waals surface area contributed by atoms with Gasteiger partial charge in [-0.1, -0.05) is 45.2 Å². The van der Waals surface area contributed by atoms with Crippen LogP contribution in [0.2, 0.25) is 5.02 Å². The second-order valence-corrected chi connectivity index (χ2v) is 7.75. The Bertz CT molecular complexity index is 480. The van der Waals surface area contributed by atoms with Crippen LogP contribution in [0.25, 0.3) is 0 Å². The highest BCUT2D eigenvalue weighted by Gasteiger charge is 2.43. The fourth-order valence-corrected chi connectivity index (χ4v) is 4.00. The van der Waals surface area contributed by atoms with Crippen LogP contribution in [0, 0.1) is 17.2 Å². The van der Waals surface area contributed by atoms with E-state index >= 15 is 0 Å². The Kier molecular flexibility index (Phi) is 4.46. The molecular weight excluding hydrogens is 273 g/mol. The molecule has 2 rings (SSSR count). The van der Waals surface area contributed by atoms with Gasteiger partial charge in [0.05, 0.1) is 0 Å². The lowest BCUT2D eigenvalue weighted by atomic mass is 9.61. The van der Waals surface area contributed by atoms with E-state index in [9.17, 15) is 4.39 Å². The maximum absolute atomic E-state index is 14.0. The lowest BCUT2D eigenvalue weighted by Gasteiger charge is -2.48. The Morgan fingerprint density at radius 2 is 2.05 bits per heavy atom. The van der Waals surface area contributed by atoms with E-state index in [1.807, 2.05) is 0 Å². The van der Waals surface area contributed by atoms with Gasteiger partial charge >= 0.3 is 0 Å². The summed E-state index contributed by atoms with van der Waals surface area (Å²) in [6.07, 6.45) is 5.01. The molecule has 0 bridgehead atoms. The third-order valence-electron chi connectivity index (χ3n) is 4.65. The van der Waals surface area contributed by atoms with Gasteiger partial charge in [-0.2, -0.15) is 0 Å². The molecule has 0 spiro atoms. The van der Waals surface area contributed by atoms with Crippen LogP contribution in [0.5, 0.6) is 0 Å². The van der Waals surface area contributed by atoms with E-state index in [1.54, 1.807) is 12.1 Å². The molecule has 1 saturated carbocycles. The minimum Gasteiger partial charge on any atom is -0.325 e. The minimum atomic E-state index is -0.331.